The fourth-order valence-corrected chi connectivity index (χ4v) is 3.09. The van der Waals surface area contributed by atoms with Crippen LogP contribution < -0.4 is 0 Å². The molecule has 2 rings (SSSR count). The maximum absolute atomic E-state index is 2.61. The summed E-state index contributed by atoms with van der Waals surface area (Å²) in [6.07, 6.45) is 2.70. The minimum atomic E-state index is 0.485. The Morgan fingerprint density at radius 1 is 0.941 bits per heavy atom. The Morgan fingerprint density at radius 2 is 1.53 bits per heavy atom. The van der Waals surface area contributed by atoms with Crippen molar-refractivity contribution in [3.63, 3.8) is 0 Å². The largest absolute Gasteiger partial charge is 0.303 e. The molecule has 2 saturated heterocycles. The predicted octanol–water partition coefficient (Wildman–Crippen LogP) is 1.74. The lowest BCUT2D eigenvalue weighted by Crippen LogP contribution is -2.63. The standard InChI is InChI=1S/C12H25N3.C2H6/c1-4-15-7-5-12(6-8-15)11-13(2)9-10-14(12)3;1-2/h4-11H2,1-3H3;1-2H3. The molecule has 2 heterocycles. The lowest BCUT2D eigenvalue weighted by molar-refractivity contribution is -0.0180. The van der Waals surface area contributed by atoms with E-state index in [9.17, 15) is 0 Å². The highest BCUT2D eigenvalue weighted by molar-refractivity contribution is 4.98. The summed E-state index contributed by atoms with van der Waals surface area (Å²) in [5, 5.41) is 0. The van der Waals surface area contributed by atoms with Crippen molar-refractivity contribution in [1.29, 1.82) is 0 Å². The quantitative estimate of drug-likeness (QED) is 0.692. The number of nitrogens with zero attached hydrogens (tertiary/aromatic N) is 3. The highest BCUT2D eigenvalue weighted by atomic mass is 15.3. The lowest BCUT2D eigenvalue weighted by Gasteiger charge is -2.52. The number of rotatable bonds is 1. The van der Waals surface area contributed by atoms with Crippen molar-refractivity contribution in [1.82, 2.24) is 14.7 Å². The van der Waals surface area contributed by atoms with E-state index in [-0.39, 0.29) is 0 Å². The molecule has 0 atom stereocenters. The van der Waals surface area contributed by atoms with Gasteiger partial charge in [-0.15, -0.1) is 0 Å². The summed E-state index contributed by atoms with van der Waals surface area (Å²) < 4.78 is 0. The summed E-state index contributed by atoms with van der Waals surface area (Å²) in [5.74, 6) is 0. The molecule has 0 N–H and O–H groups in total. The van der Waals surface area contributed by atoms with Crippen molar-refractivity contribution in [2.45, 2.75) is 39.2 Å². The van der Waals surface area contributed by atoms with Gasteiger partial charge in [-0.2, -0.15) is 0 Å². The fourth-order valence-electron chi connectivity index (χ4n) is 3.09. The van der Waals surface area contributed by atoms with Crippen molar-refractivity contribution < 1.29 is 0 Å². The summed E-state index contributed by atoms with van der Waals surface area (Å²) in [4.78, 5) is 7.69. The third kappa shape index (κ3) is 3.43. The van der Waals surface area contributed by atoms with Crippen LogP contribution in [0.3, 0.4) is 0 Å². The van der Waals surface area contributed by atoms with Crippen LogP contribution in [0.15, 0.2) is 0 Å². The molecule has 17 heavy (non-hydrogen) atoms. The average Bonchev–Trinajstić information content (AvgIpc) is 2.38. The van der Waals surface area contributed by atoms with Crippen LogP contribution in [0.4, 0.5) is 0 Å². The lowest BCUT2D eigenvalue weighted by atomic mass is 9.84. The molecule has 3 nitrogen and oxygen atoms in total. The molecule has 0 saturated carbocycles. The zero-order valence-corrected chi connectivity index (χ0v) is 12.5. The van der Waals surface area contributed by atoms with Gasteiger partial charge in [0.05, 0.1) is 0 Å². The van der Waals surface area contributed by atoms with Gasteiger partial charge in [0.2, 0.25) is 0 Å². The van der Waals surface area contributed by atoms with E-state index in [1.54, 1.807) is 0 Å². The normalized spacial score (nSPS) is 26.6. The monoisotopic (exact) mass is 241 g/mol. The van der Waals surface area contributed by atoms with Gasteiger partial charge < -0.3 is 9.80 Å². The molecule has 102 valence electrons. The fraction of sp³-hybridized carbons (Fsp3) is 1.00. The van der Waals surface area contributed by atoms with Crippen molar-refractivity contribution in [2.75, 3.05) is 53.4 Å². The summed E-state index contributed by atoms with van der Waals surface area (Å²) in [7, 11) is 4.58. The minimum Gasteiger partial charge on any atom is -0.303 e. The van der Waals surface area contributed by atoms with Crippen molar-refractivity contribution in [3.8, 4) is 0 Å². The Balaban J connectivity index is 0.000000686. The maximum Gasteiger partial charge on any atom is 0.0358 e. The SMILES string of the molecule is CC.CCN1CCC2(CC1)CN(C)CCN2C. The topological polar surface area (TPSA) is 9.72 Å². The van der Waals surface area contributed by atoms with Gasteiger partial charge in [0.1, 0.15) is 0 Å². The molecule has 0 aromatic heterocycles. The van der Waals surface area contributed by atoms with E-state index in [0.29, 0.717) is 5.54 Å². The Labute approximate surface area is 108 Å². The molecule has 0 unspecified atom stereocenters. The van der Waals surface area contributed by atoms with Crippen molar-refractivity contribution in [3.05, 3.63) is 0 Å². The van der Waals surface area contributed by atoms with E-state index in [2.05, 4.69) is 35.7 Å². The summed E-state index contributed by atoms with van der Waals surface area (Å²) in [6.45, 7) is 13.8. The van der Waals surface area contributed by atoms with E-state index in [0.717, 1.165) is 0 Å². The van der Waals surface area contributed by atoms with Crippen LogP contribution in [0, 0.1) is 0 Å². The molecule has 2 aliphatic heterocycles. The van der Waals surface area contributed by atoms with Gasteiger partial charge in [-0.1, -0.05) is 20.8 Å². The first kappa shape index (κ1) is 14.9. The third-order valence-corrected chi connectivity index (χ3v) is 4.43. The summed E-state index contributed by atoms with van der Waals surface area (Å²) in [5.41, 5.74) is 0.485. The Bertz CT molecular complexity index is 210. The smallest absolute Gasteiger partial charge is 0.0358 e. The van der Waals surface area contributed by atoms with Gasteiger partial charge in [0.25, 0.3) is 0 Å². The Morgan fingerprint density at radius 3 is 2.06 bits per heavy atom. The molecule has 0 radical (unpaired) electrons. The first-order chi connectivity index (χ1) is 8.16. The van der Waals surface area contributed by atoms with Crippen molar-refractivity contribution in [2.24, 2.45) is 0 Å². The van der Waals surface area contributed by atoms with Crippen LogP contribution in [0.25, 0.3) is 0 Å². The molecule has 2 fully saturated rings. The van der Waals surface area contributed by atoms with Crippen LogP contribution in [0.1, 0.15) is 33.6 Å². The second kappa shape index (κ2) is 6.72. The van der Waals surface area contributed by atoms with Crippen LogP contribution >= 0.6 is 0 Å². The number of likely N-dealkylation sites (tertiary alicyclic amines) is 1. The molecule has 0 aromatic carbocycles. The molecule has 0 aromatic rings. The van der Waals surface area contributed by atoms with Gasteiger partial charge in [0.15, 0.2) is 0 Å². The number of piperazine rings is 1. The molecule has 1 spiro atoms. The number of piperidine rings is 1. The first-order valence-electron chi connectivity index (χ1n) is 7.28. The zero-order chi connectivity index (χ0) is 12.9. The first-order valence-corrected chi connectivity index (χ1v) is 7.28. The molecule has 0 bridgehead atoms. The van der Waals surface area contributed by atoms with E-state index in [1.165, 1.54) is 52.1 Å². The minimum absolute atomic E-state index is 0.485. The average molecular weight is 241 g/mol. The van der Waals surface area contributed by atoms with Gasteiger partial charge in [-0.3, -0.25) is 4.90 Å². The molecular formula is C14H31N3. The molecule has 0 amide bonds. The Hall–Kier alpha value is -0.120. The van der Waals surface area contributed by atoms with Crippen LogP contribution in [-0.4, -0.2) is 73.6 Å². The zero-order valence-electron chi connectivity index (χ0n) is 12.5. The summed E-state index contributed by atoms with van der Waals surface area (Å²) >= 11 is 0. The van der Waals surface area contributed by atoms with Gasteiger partial charge in [0, 0.05) is 25.2 Å². The number of hydrogen-bond acceptors (Lipinski definition) is 3. The van der Waals surface area contributed by atoms with E-state index >= 15 is 0 Å². The van der Waals surface area contributed by atoms with E-state index in [1.807, 2.05) is 13.8 Å². The summed E-state index contributed by atoms with van der Waals surface area (Å²) in [6, 6.07) is 0. The maximum atomic E-state index is 2.61. The highest BCUT2D eigenvalue weighted by Gasteiger charge is 2.40. The van der Waals surface area contributed by atoms with Crippen LogP contribution in [0.2, 0.25) is 0 Å². The second-order valence-electron chi connectivity index (χ2n) is 5.32. The molecule has 0 aliphatic carbocycles. The van der Waals surface area contributed by atoms with Crippen molar-refractivity contribution >= 4 is 0 Å². The Kier molecular flexibility index (Phi) is 5.90. The highest BCUT2D eigenvalue weighted by Crippen LogP contribution is 2.30. The second-order valence-corrected chi connectivity index (χ2v) is 5.32. The molecule has 2 aliphatic rings. The molecular weight excluding hydrogens is 210 g/mol. The third-order valence-electron chi connectivity index (χ3n) is 4.43. The predicted molar refractivity (Wildman–Crippen MR) is 75.6 cm³/mol. The van der Waals surface area contributed by atoms with Gasteiger partial charge in [-0.05, 0) is 46.6 Å². The van der Waals surface area contributed by atoms with Gasteiger partial charge >= 0.3 is 0 Å². The van der Waals surface area contributed by atoms with Crippen LogP contribution in [0.5, 0.6) is 0 Å². The van der Waals surface area contributed by atoms with E-state index in [4.69, 9.17) is 0 Å². The van der Waals surface area contributed by atoms with Gasteiger partial charge in [-0.25, -0.2) is 0 Å². The number of hydrogen-bond donors (Lipinski definition) is 0. The van der Waals surface area contributed by atoms with Crippen LogP contribution in [-0.2, 0) is 0 Å². The number of likely N-dealkylation sites (N-methyl/N-ethyl adjacent to an activating group) is 2. The molecule has 3 heteroatoms. The van der Waals surface area contributed by atoms with E-state index < -0.39 is 0 Å².